The van der Waals surface area contributed by atoms with Crippen molar-refractivity contribution in [2.45, 2.75) is 25.9 Å². The molecular formula is C27H25BrN4OS. The summed E-state index contributed by atoms with van der Waals surface area (Å²) < 4.78 is 8.72. The topological polar surface area (TPSA) is 42.3 Å². The van der Waals surface area contributed by atoms with Gasteiger partial charge in [-0.15, -0.1) is 0 Å². The number of benzene rings is 2. The number of pyridine rings is 1. The number of halogens is 1. The van der Waals surface area contributed by atoms with Crippen LogP contribution in [0.4, 0.5) is 5.69 Å². The molecule has 1 saturated heterocycles. The molecule has 0 saturated carbocycles. The minimum Gasteiger partial charge on any atom is -0.497 e. The molecule has 1 N–H and O–H groups in total. The average Bonchev–Trinajstić information content (AvgIpc) is 3.34. The number of methoxy groups -OCH3 is 1. The van der Waals surface area contributed by atoms with Crippen LogP contribution in [0.2, 0.25) is 0 Å². The van der Waals surface area contributed by atoms with Crippen molar-refractivity contribution in [3.63, 3.8) is 0 Å². The van der Waals surface area contributed by atoms with E-state index in [1.165, 1.54) is 11.3 Å². The molecule has 172 valence electrons. The molecule has 2 aromatic carbocycles. The number of hydrogen-bond acceptors (Lipinski definition) is 3. The minimum absolute atomic E-state index is 0.0668. The molecule has 34 heavy (non-hydrogen) atoms. The molecule has 7 heteroatoms. The number of ether oxygens (including phenoxy) is 1. The average molecular weight is 533 g/mol. The van der Waals surface area contributed by atoms with Crippen molar-refractivity contribution >= 4 is 38.9 Å². The van der Waals surface area contributed by atoms with Gasteiger partial charge in [0.1, 0.15) is 5.75 Å². The Balaban J connectivity index is 1.67. The van der Waals surface area contributed by atoms with E-state index in [2.05, 4.69) is 79.9 Å². The summed E-state index contributed by atoms with van der Waals surface area (Å²) in [6.45, 7) is 4.32. The highest BCUT2D eigenvalue weighted by Gasteiger charge is 2.42. The van der Waals surface area contributed by atoms with Gasteiger partial charge in [0.05, 0.1) is 24.9 Å². The number of rotatable bonds is 5. The van der Waals surface area contributed by atoms with Crippen molar-refractivity contribution in [1.82, 2.24) is 14.9 Å². The van der Waals surface area contributed by atoms with Crippen molar-refractivity contribution in [1.29, 1.82) is 0 Å². The van der Waals surface area contributed by atoms with Gasteiger partial charge in [-0.1, -0.05) is 28.1 Å². The second-order valence-corrected chi connectivity index (χ2v) is 9.64. The van der Waals surface area contributed by atoms with E-state index in [4.69, 9.17) is 17.0 Å². The first-order valence-electron chi connectivity index (χ1n) is 11.1. The maximum absolute atomic E-state index is 5.87. The Kier molecular flexibility index (Phi) is 6.15. The molecule has 2 atom stereocenters. The lowest BCUT2D eigenvalue weighted by Gasteiger charge is -2.28. The smallest absolute Gasteiger partial charge is 0.174 e. The molecule has 1 aliphatic rings. The highest BCUT2D eigenvalue weighted by atomic mass is 79.9. The fourth-order valence-corrected chi connectivity index (χ4v) is 5.52. The Bertz CT molecular complexity index is 1340. The van der Waals surface area contributed by atoms with E-state index in [0.29, 0.717) is 5.11 Å². The first-order valence-corrected chi connectivity index (χ1v) is 12.3. The first-order chi connectivity index (χ1) is 16.5. The summed E-state index contributed by atoms with van der Waals surface area (Å²) in [5, 5.41) is 4.23. The number of nitrogens with one attached hydrogen (secondary N) is 1. The van der Waals surface area contributed by atoms with Gasteiger partial charge in [0.2, 0.25) is 0 Å². The van der Waals surface area contributed by atoms with E-state index >= 15 is 0 Å². The van der Waals surface area contributed by atoms with Crippen LogP contribution in [0.25, 0.3) is 5.69 Å². The monoisotopic (exact) mass is 532 g/mol. The lowest BCUT2D eigenvalue weighted by molar-refractivity contribution is 0.415. The highest BCUT2D eigenvalue weighted by molar-refractivity contribution is 9.10. The number of hydrogen-bond donors (Lipinski definition) is 1. The van der Waals surface area contributed by atoms with Crippen LogP contribution in [0.3, 0.4) is 0 Å². The summed E-state index contributed by atoms with van der Waals surface area (Å²) in [5.74, 6) is 0.812. The van der Waals surface area contributed by atoms with Crippen molar-refractivity contribution < 1.29 is 4.74 Å². The van der Waals surface area contributed by atoms with Gasteiger partial charge in [-0.2, -0.15) is 0 Å². The van der Waals surface area contributed by atoms with Crippen LogP contribution in [-0.2, 0) is 0 Å². The number of aryl methyl sites for hydroxylation is 1. The van der Waals surface area contributed by atoms with Crippen molar-refractivity contribution in [2.75, 3.05) is 12.0 Å². The maximum atomic E-state index is 5.87. The molecule has 5 nitrogen and oxygen atoms in total. The molecule has 1 fully saturated rings. The predicted molar refractivity (Wildman–Crippen MR) is 144 cm³/mol. The number of anilines is 1. The Hall–Kier alpha value is -3.16. The quantitative estimate of drug-likeness (QED) is 0.299. The molecule has 4 aromatic rings. The van der Waals surface area contributed by atoms with Gasteiger partial charge in [0.25, 0.3) is 0 Å². The third-order valence-corrected chi connectivity index (χ3v) is 7.11. The molecule has 1 aliphatic heterocycles. The first kappa shape index (κ1) is 22.6. The molecule has 0 amide bonds. The fraction of sp³-hybridized carbons (Fsp3) is 0.185. The molecule has 0 spiro atoms. The van der Waals surface area contributed by atoms with Crippen LogP contribution in [0, 0.1) is 13.8 Å². The Labute approximate surface area is 213 Å². The van der Waals surface area contributed by atoms with E-state index < -0.39 is 0 Å². The number of thiocarbonyl (C=S) groups is 1. The molecular weight excluding hydrogens is 508 g/mol. The number of nitrogens with zero attached hydrogens (tertiary/aromatic N) is 3. The van der Waals surface area contributed by atoms with Crippen LogP contribution in [0.15, 0.2) is 83.5 Å². The minimum atomic E-state index is -0.0905. The third kappa shape index (κ3) is 3.99. The SMILES string of the molecule is COc1ccc(N2C(=S)N[C@@H](c3ccccn3)[C@H]2c2cc(C)n(-c3cccc(Br)c3)c2C)cc1. The van der Waals surface area contributed by atoms with Gasteiger partial charge < -0.3 is 19.5 Å². The molecule has 0 unspecified atom stereocenters. The standard InChI is InChI=1S/C27H25BrN4OS/c1-17-15-23(18(2)31(17)21-8-6-7-19(28)16-21)26-25(24-9-4-5-14-29-24)30-27(34)32(26)20-10-12-22(33-3)13-11-20/h4-16,25-26H,1-3H3,(H,30,34)/t25-,26+/m0/s1. The summed E-state index contributed by atoms with van der Waals surface area (Å²) in [4.78, 5) is 6.87. The van der Waals surface area contributed by atoms with E-state index in [-0.39, 0.29) is 12.1 Å². The van der Waals surface area contributed by atoms with Gasteiger partial charge in [-0.3, -0.25) is 4.98 Å². The summed E-state index contributed by atoms with van der Waals surface area (Å²) >= 11 is 9.49. The zero-order chi connectivity index (χ0) is 23.8. The van der Waals surface area contributed by atoms with Crippen LogP contribution < -0.4 is 15.0 Å². The van der Waals surface area contributed by atoms with Gasteiger partial charge >= 0.3 is 0 Å². The summed E-state index contributed by atoms with van der Waals surface area (Å²) in [5.41, 5.74) is 6.63. The van der Waals surface area contributed by atoms with E-state index in [1.54, 1.807) is 7.11 Å². The zero-order valence-electron chi connectivity index (χ0n) is 19.2. The van der Waals surface area contributed by atoms with E-state index in [0.717, 1.165) is 33.0 Å². The summed E-state index contributed by atoms with van der Waals surface area (Å²) in [6, 6.07) is 24.5. The molecule has 5 rings (SSSR count). The molecule has 0 aliphatic carbocycles. The lowest BCUT2D eigenvalue weighted by Crippen LogP contribution is -2.29. The summed E-state index contributed by atoms with van der Waals surface area (Å²) in [7, 11) is 1.67. The third-order valence-electron chi connectivity index (χ3n) is 6.30. The van der Waals surface area contributed by atoms with E-state index in [9.17, 15) is 0 Å². The second-order valence-electron chi connectivity index (χ2n) is 8.34. The molecule has 2 aromatic heterocycles. The number of aromatic nitrogens is 2. The van der Waals surface area contributed by atoms with Crippen LogP contribution >= 0.6 is 28.1 Å². The highest BCUT2D eigenvalue weighted by Crippen LogP contribution is 2.44. The Morgan fingerprint density at radius 1 is 0.971 bits per heavy atom. The van der Waals surface area contributed by atoms with Crippen molar-refractivity contribution in [3.8, 4) is 11.4 Å². The van der Waals surface area contributed by atoms with Gasteiger partial charge in [-0.25, -0.2) is 0 Å². The summed E-state index contributed by atoms with van der Waals surface area (Å²) in [6.07, 6.45) is 1.83. The lowest BCUT2D eigenvalue weighted by atomic mass is 9.96. The van der Waals surface area contributed by atoms with Gasteiger partial charge in [0, 0.05) is 33.4 Å². The fourth-order valence-electron chi connectivity index (χ4n) is 4.79. The predicted octanol–water partition coefficient (Wildman–Crippen LogP) is 6.44. The maximum Gasteiger partial charge on any atom is 0.174 e. The van der Waals surface area contributed by atoms with Gasteiger partial charge in [0.15, 0.2) is 5.11 Å². The molecule has 0 bridgehead atoms. The van der Waals surface area contributed by atoms with Gasteiger partial charge in [-0.05, 0) is 92.3 Å². The van der Waals surface area contributed by atoms with Crippen LogP contribution in [0.1, 0.15) is 34.7 Å². The van der Waals surface area contributed by atoms with Crippen LogP contribution in [-0.4, -0.2) is 21.8 Å². The Morgan fingerprint density at radius 2 is 1.76 bits per heavy atom. The normalized spacial score (nSPS) is 17.6. The van der Waals surface area contributed by atoms with E-state index in [1.807, 2.05) is 48.7 Å². The molecule has 3 heterocycles. The van der Waals surface area contributed by atoms with Crippen LogP contribution in [0.5, 0.6) is 5.75 Å². The Morgan fingerprint density at radius 3 is 2.44 bits per heavy atom. The van der Waals surface area contributed by atoms with Crippen molar-refractivity contribution in [2.24, 2.45) is 0 Å². The molecule has 0 radical (unpaired) electrons. The zero-order valence-corrected chi connectivity index (χ0v) is 21.6. The largest absolute Gasteiger partial charge is 0.497 e. The second kappa shape index (κ2) is 9.24. The van der Waals surface area contributed by atoms with Crippen molar-refractivity contribution in [3.05, 3.63) is 106 Å².